The van der Waals surface area contributed by atoms with E-state index in [1.54, 1.807) is 11.3 Å². The van der Waals surface area contributed by atoms with Crippen LogP contribution in [-0.2, 0) is 12.1 Å². The van der Waals surface area contributed by atoms with Crippen molar-refractivity contribution < 1.29 is 5.11 Å². The molecule has 1 aromatic heterocycles. The third-order valence-corrected chi connectivity index (χ3v) is 5.69. The van der Waals surface area contributed by atoms with Crippen LogP contribution in [0.15, 0.2) is 54.6 Å². The second kappa shape index (κ2) is 4.67. The molecule has 2 unspecified atom stereocenters. The molecule has 0 aliphatic carbocycles. The van der Waals surface area contributed by atoms with Crippen LogP contribution in [0.3, 0.4) is 0 Å². The lowest BCUT2D eigenvalue weighted by atomic mass is 9.89. The van der Waals surface area contributed by atoms with E-state index < -0.39 is 5.60 Å². The third kappa shape index (κ3) is 2.01. The molecule has 3 aromatic rings. The number of fused-ring (bicyclic) bond motifs is 2. The molecule has 0 radical (unpaired) electrons. The fourth-order valence-electron chi connectivity index (χ4n) is 3.17. The quantitative estimate of drug-likeness (QED) is 0.750. The largest absolute Gasteiger partial charge is 0.383 e. The van der Waals surface area contributed by atoms with Crippen molar-refractivity contribution in [2.24, 2.45) is 0 Å². The first-order valence-electron chi connectivity index (χ1n) is 7.19. The van der Waals surface area contributed by atoms with E-state index in [0.29, 0.717) is 0 Å². The van der Waals surface area contributed by atoms with Gasteiger partial charge in [-0.1, -0.05) is 42.5 Å². The first-order valence-corrected chi connectivity index (χ1v) is 8.00. The highest BCUT2D eigenvalue weighted by Gasteiger charge is 2.39. The molecule has 106 valence electrons. The van der Waals surface area contributed by atoms with Crippen LogP contribution in [0, 0.1) is 0 Å². The predicted octanol–water partition coefficient (Wildman–Crippen LogP) is 3.95. The van der Waals surface area contributed by atoms with Gasteiger partial charge in [0.05, 0.1) is 6.04 Å². The van der Waals surface area contributed by atoms with Crippen molar-refractivity contribution >= 4 is 21.4 Å². The van der Waals surface area contributed by atoms with Gasteiger partial charge in [-0.2, -0.15) is 0 Å². The van der Waals surface area contributed by atoms with Crippen LogP contribution in [0.2, 0.25) is 0 Å². The number of hydrogen-bond donors (Lipinski definition) is 2. The molecule has 3 heteroatoms. The van der Waals surface area contributed by atoms with Crippen molar-refractivity contribution in [3.8, 4) is 0 Å². The Labute approximate surface area is 128 Å². The highest BCUT2D eigenvalue weighted by Crippen LogP contribution is 2.43. The molecule has 2 nitrogen and oxygen atoms in total. The molecule has 0 fully saturated rings. The zero-order chi connectivity index (χ0) is 14.4. The zero-order valence-corrected chi connectivity index (χ0v) is 12.7. The topological polar surface area (TPSA) is 32.3 Å². The first-order chi connectivity index (χ1) is 10.2. The lowest BCUT2D eigenvalue weighted by molar-refractivity contribution is 0.0214. The van der Waals surface area contributed by atoms with Gasteiger partial charge in [0, 0.05) is 16.1 Å². The Morgan fingerprint density at radius 2 is 1.90 bits per heavy atom. The van der Waals surface area contributed by atoms with E-state index in [-0.39, 0.29) is 6.04 Å². The summed E-state index contributed by atoms with van der Waals surface area (Å²) in [6, 6.07) is 18.7. The monoisotopic (exact) mass is 295 g/mol. The van der Waals surface area contributed by atoms with E-state index in [9.17, 15) is 5.11 Å². The molecule has 2 aromatic carbocycles. The molecule has 4 rings (SSSR count). The standard InChI is InChI=1S/C18H17NOS/c1-18(20,16-10-12-6-3-5-9-15(12)21-16)17-14-8-4-2-7-13(14)11-19-17/h2-10,17,19-20H,11H2,1H3. The lowest BCUT2D eigenvalue weighted by Gasteiger charge is -2.30. The van der Waals surface area contributed by atoms with Gasteiger partial charge < -0.3 is 10.4 Å². The van der Waals surface area contributed by atoms with Gasteiger partial charge in [0.2, 0.25) is 0 Å². The summed E-state index contributed by atoms with van der Waals surface area (Å²) in [4.78, 5) is 1.01. The average Bonchev–Trinajstić information content (AvgIpc) is 3.11. The van der Waals surface area contributed by atoms with Gasteiger partial charge in [0.1, 0.15) is 5.60 Å². The van der Waals surface area contributed by atoms with Crippen molar-refractivity contribution in [3.05, 3.63) is 70.6 Å². The number of benzene rings is 2. The van der Waals surface area contributed by atoms with Crippen LogP contribution < -0.4 is 5.32 Å². The summed E-state index contributed by atoms with van der Waals surface area (Å²) < 4.78 is 1.22. The van der Waals surface area contributed by atoms with Crippen molar-refractivity contribution in [1.29, 1.82) is 0 Å². The predicted molar refractivity (Wildman–Crippen MR) is 87.4 cm³/mol. The van der Waals surface area contributed by atoms with Crippen molar-refractivity contribution in [1.82, 2.24) is 5.32 Å². The summed E-state index contributed by atoms with van der Waals surface area (Å²) in [5, 5.41) is 15.8. The van der Waals surface area contributed by atoms with Crippen molar-refractivity contribution in [2.45, 2.75) is 25.1 Å². The highest BCUT2D eigenvalue weighted by molar-refractivity contribution is 7.19. The van der Waals surface area contributed by atoms with E-state index >= 15 is 0 Å². The maximum Gasteiger partial charge on any atom is 0.115 e. The Morgan fingerprint density at radius 1 is 1.14 bits per heavy atom. The van der Waals surface area contributed by atoms with Crippen LogP contribution >= 0.6 is 11.3 Å². The first kappa shape index (κ1) is 13.0. The second-order valence-corrected chi connectivity index (χ2v) is 6.89. The molecular weight excluding hydrogens is 278 g/mol. The van der Waals surface area contributed by atoms with E-state index in [1.165, 1.54) is 21.2 Å². The van der Waals surface area contributed by atoms with Gasteiger partial charge in [-0.15, -0.1) is 11.3 Å². The Balaban J connectivity index is 1.80. The minimum Gasteiger partial charge on any atom is -0.383 e. The lowest BCUT2D eigenvalue weighted by Crippen LogP contribution is -2.35. The van der Waals surface area contributed by atoms with Crippen molar-refractivity contribution in [2.75, 3.05) is 0 Å². The molecule has 2 atom stereocenters. The minimum absolute atomic E-state index is 0.0539. The molecule has 0 saturated carbocycles. The number of thiophene rings is 1. The van der Waals surface area contributed by atoms with Gasteiger partial charge in [0.15, 0.2) is 0 Å². The second-order valence-electron chi connectivity index (χ2n) is 5.81. The molecule has 1 aliphatic heterocycles. The maximum absolute atomic E-state index is 11.2. The Bertz CT molecular complexity index is 773. The molecule has 1 aliphatic rings. The van der Waals surface area contributed by atoms with E-state index in [2.05, 4.69) is 41.7 Å². The van der Waals surface area contributed by atoms with Crippen LogP contribution in [0.1, 0.15) is 29.0 Å². The number of nitrogens with one attached hydrogen (secondary N) is 1. The van der Waals surface area contributed by atoms with E-state index in [1.807, 2.05) is 25.1 Å². The van der Waals surface area contributed by atoms with Crippen LogP contribution in [-0.4, -0.2) is 5.11 Å². The number of aliphatic hydroxyl groups is 1. The molecule has 0 amide bonds. The summed E-state index contributed by atoms with van der Waals surface area (Å²) in [5.74, 6) is 0. The molecule has 2 N–H and O–H groups in total. The molecular formula is C18H17NOS. The van der Waals surface area contributed by atoms with Gasteiger partial charge in [-0.05, 0) is 35.6 Å². The zero-order valence-electron chi connectivity index (χ0n) is 11.8. The van der Waals surface area contributed by atoms with Crippen molar-refractivity contribution in [3.63, 3.8) is 0 Å². The summed E-state index contributed by atoms with van der Waals surface area (Å²) in [6.07, 6.45) is 0. The fourth-order valence-corrected chi connectivity index (χ4v) is 4.31. The van der Waals surface area contributed by atoms with Gasteiger partial charge in [0.25, 0.3) is 0 Å². The summed E-state index contributed by atoms with van der Waals surface area (Å²) in [6.45, 7) is 2.74. The van der Waals surface area contributed by atoms with Gasteiger partial charge in [-0.25, -0.2) is 0 Å². The Morgan fingerprint density at radius 3 is 2.76 bits per heavy atom. The van der Waals surface area contributed by atoms with Crippen LogP contribution in [0.4, 0.5) is 0 Å². The van der Waals surface area contributed by atoms with Crippen LogP contribution in [0.25, 0.3) is 10.1 Å². The molecule has 2 heterocycles. The summed E-state index contributed by atoms with van der Waals surface area (Å²) in [7, 11) is 0. The van der Waals surface area contributed by atoms with Crippen LogP contribution in [0.5, 0.6) is 0 Å². The maximum atomic E-state index is 11.2. The Hall–Kier alpha value is -1.68. The highest BCUT2D eigenvalue weighted by atomic mass is 32.1. The SMILES string of the molecule is CC(O)(c1cc2ccccc2s1)C1NCc2ccccc21. The number of rotatable bonds is 2. The normalized spacial score (nSPS) is 20.4. The molecule has 0 spiro atoms. The smallest absolute Gasteiger partial charge is 0.115 e. The minimum atomic E-state index is -0.906. The number of hydrogen-bond acceptors (Lipinski definition) is 3. The summed E-state index contributed by atoms with van der Waals surface area (Å²) >= 11 is 1.68. The molecule has 0 bridgehead atoms. The Kier molecular flexibility index (Phi) is 2.89. The third-order valence-electron chi connectivity index (χ3n) is 4.35. The van der Waals surface area contributed by atoms with Gasteiger partial charge >= 0.3 is 0 Å². The van der Waals surface area contributed by atoms with E-state index in [0.717, 1.165) is 11.4 Å². The molecule has 21 heavy (non-hydrogen) atoms. The van der Waals surface area contributed by atoms with E-state index in [4.69, 9.17) is 0 Å². The summed E-state index contributed by atoms with van der Waals surface area (Å²) in [5.41, 5.74) is 1.58. The molecule has 0 saturated heterocycles. The fraction of sp³-hybridized carbons (Fsp3) is 0.222. The average molecular weight is 295 g/mol. The van der Waals surface area contributed by atoms with Gasteiger partial charge in [-0.3, -0.25) is 0 Å².